The summed E-state index contributed by atoms with van der Waals surface area (Å²) < 4.78 is 5.49. The van der Waals surface area contributed by atoms with E-state index in [1.165, 1.54) is 16.7 Å². The molecular formula is C29H41N3O2. The number of hydrogen-bond donors (Lipinski definition) is 2. The number of hydrogen-bond acceptors (Lipinski definition) is 5. The van der Waals surface area contributed by atoms with Gasteiger partial charge in [0, 0.05) is 49.7 Å². The minimum absolute atomic E-state index is 0.110. The van der Waals surface area contributed by atoms with Crippen molar-refractivity contribution in [2.75, 3.05) is 33.4 Å². The molecule has 2 saturated heterocycles. The fourth-order valence-corrected chi connectivity index (χ4v) is 6.73. The standard InChI is InChI=1S/C29H41N3O2/c1-29-19-26(24-10-4-3-5-11-24)31(2)27(29)13-7-12-25(28(29)33)30-20-22-8-6-9-23(18-22)21-32-14-16-34-17-15-32/h3-6,8-11,18,25-28,30,33H,7,12-17,19-21H2,1-2H3/t25-,26-,27-,28+,29-/m1/s1. The van der Waals surface area contributed by atoms with Crippen LogP contribution in [0, 0.1) is 5.41 Å². The molecule has 0 bridgehead atoms. The Labute approximate surface area is 205 Å². The van der Waals surface area contributed by atoms with E-state index in [4.69, 9.17) is 4.74 Å². The second kappa shape index (κ2) is 10.5. The zero-order valence-corrected chi connectivity index (χ0v) is 20.8. The quantitative estimate of drug-likeness (QED) is 0.679. The number of aliphatic hydroxyl groups excluding tert-OH is 1. The number of fused-ring (bicyclic) bond motifs is 1. The molecule has 1 saturated carbocycles. The molecule has 34 heavy (non-hydrogen) atoms. The number of aliphatic hydroxyl groups is 1. The fourth-order valence-electron chi connectivity index (χ4n) is 6.73. The lowest BCUT2D eigenvalue weighted by Gasteiger charge is -2.39. The van der Waals surface area contributed by atoms with E-state index in [0.717, 1.165) is 65.1 Å². The van der Waals surface area contributed by atoms with Gasteiger partial charge in [0.2, 0.25) is 0 Å². The van der Waals surface area contributed by atoms with Gasteiger partial charge in [-0.15, -0.1) is 0 Å². The molecule has 0 radical (unpaired) electrons. The largest absolute Gasteiger partial charge is 0.391 e. The lowest BCUT2D eigenvalue weighted by molar-refractivity contribution is -0.00456. The van der Waals surface area contributed by atoms with Crippen LogP contribution < -0.4 is 5.32 Å². The van der Waals surface area contributed by atoms with Crippen LogP contribution in [0.15, 0.2) is 54.6 Å². The van der Waals surface area contributed by atoms with Crippen LogP contribution in [0.1, 0.15) is 55.3 Å². The first-order valence-corrected chi connectivity index (χ1v) is 13.1. The first-order chi connectivity index (χ1) is 16.5. The summed E-state index contributed by atoms with van der Waals surface area (Å²) in [4.78, 5) is 5.00. The summed E-state index contributed by atoms with van der Waals surface area (Å²) in [5.41, 5.74) is 3.92. The van der Waals surface area contributed by atoms with E-state index in [1.54, 1.807) is 0 Å². The third-order valence-corrected chi connectivity index (χ3v) is 8.68. The van der Waals surface area contributed by atoms with Gasteiger partial charge in [-0.3, -0.25) is 9.80 Å². The smallest absolute Gasteiger partial charge is 0.0762 e. The van der Waals surface area contributed by atoms with Crippen molar-refractivity contribution in [1.82, 2.24) is 15.1 Å². The molecule has 2 heterocycles. The molecule has 0 spiro atoms. The zero-order chi connectivity index (χ0) is 23.5. The second-order valence-corrected chi connectivity index (χ2v) is 10.9. The van der Waals surface area contributed by atoms with Crippen molar-refractivity contribution in [3.05, 3.63) is 71.3 Å². The van der Waals surface area contributed by atoms with Gasteiger partial charge >= 0.3 is 0 Å². The lowest BCUT2D eigenvalue weighted by Crippen LogP contribution is -2.51. The van der Waals surface area contributed by atoms with Crippen molar-refractivity contribution in [2.45, 2.75) is 69.9 Å². The summed E-state index contributed by atoms with van der Waals surface area (Å²) in [5, 5.41) is 15.5. The average molecular weight is 464 g/mol. The van der Waals surface area contributed by atoms with Crippen LogP contribution in [-0.4, -0.2) is 66.4 Å². The molecule has 0 aromatic heterocycles. The van der Waals surface area contributed by atoms with E-state index < -0.39 is 0 Å². The van der Waals surface area contributed by atoms with Crippen LogP contribution in [0.2, 0.25) is 0 Å². The summed E-state index contributed by atoms with van der Waals surface area (Å²) in [7, 11) is 2.26. The van der Waals surface area contributed by atoms with E-state index in [9.17, 15) is 5.11 Å². The Bertz CT molecular complexity index is 932. The fraction of sp³-hybridized carbons (Fsp3) is 0.586. The highest BCUT2D eigenvalue weighted by molar-refractivity contribution is 5.25. The van der Waals surface area contributed by atoms with Crippen LogP contribution >= 0.6 is 0 Å². The minimum Gasteiger partial charge on any atom is -0.391 e. The maximum atomic E-state index is 11.7. The predicted molar refractivity (Wildman–Crippen MR) is 136 cm³/mol. The number of likely N-dealkylation sites (tertiary alicyclic amines) is 1. The summed E-state index contributed by atoms with van der Waals surface area (Å²) in [5.74, 6) is 0. The van der Waals surface area contributed by atoms with Crippen LogP contribution in [0.3, 0.4) is 0 Å². The third-order valence-electron chi connectivity index (χ3n) is 8.68. The Balaban J connectivity index is 1.24. The molecule has 2 aromatic carbocycles. The van der Waals surface area contributed by atoms with E-state index in [-0.39, 0.29) is 17.6 Å². The van der Waals surface area contributed by atoms with Crippen LogP contribution in [-0.2, 0) is 17.8 Å². The number of nitrogens with one attached hydrogen (secondary N) is 1. The van der Waals surface area contributed by atoms with Crippen molar-refractivity contribution in [1.29, 1.82) is 0 Å². The summed E-state index contributed by atoms with van der Waals surface area (Å²) in [6.45, 7) is 7.80. The van der Waals surface area contributed by atoms with Crippen LogP contribution in [0.5, 0.6) is 0 Å². The van der Waals surface area contributed by atoms with Gasteiger partial charge in [-0.2, -0.15) is 0 Å². The second-order valence-electron chi connectivity index (χ2n) is 10.9. The zero-order valence-electron chi connectivity index (χ0n) is 20.8. The molecule has 5 nitrogen and oxygen atoms in total. The molecule has 1 aliphatic carbocycles. The lowest BCUT2D eigenvalue weighted by atomic mass is 9.74. The molecule has 0 unspecified atom stereocenters. The first kappa shape index (κ1) is 24.0. The highest BCUT2D eigenvalue weighted by atomic mass is 16.5. The van der Waals surface area contributed by atoms with Gasteiger partial charge < -0.3 is 15.2 Å². The molecular weight excluding hydrogens is 422 g/mol. The minimum atomic E-state index is -0.354. The summed E-state index contributed by atoms with van der Waals surface area (Å²) in [6, 6.07) is 20.7. The molecule has 184 valence electrons. The Kier molecular flexibility index (Phi) is 7.38. The van der Waals surface area contributed by atoms with Gasteiger partial charge in [0.05, 0.1) is 19.3 Å². The molecule has 5 rings (SSSR count). The van der Waals surface area contributed by atoms with Crippen molar-refractivity contribution < 1.29 is 9.84 Å². The maximum absolute atomic E-state index is 11.7. The van der Waals surface area contributed by atoms with E-state index in [2.05, 4.69) is 83.7 Å². The molecule has 2 aromatic rings. The van der Waals surface area contributed by atoms with Gasteiger partial charge in [-0.05, 0) is 43.0 Å². The summed E-state index contributed by atoms with van der Waals surface area (Å²) in [6.07, 6.45) is 3.99. The number of morpholine rings is 1. The van der Waals surface area contributed by atoms with Gasteiger partial charge in [0.25, 0.3) is 0 Å². The van der Waals surface area contributed by atoms with Crippen LogP contribution in [0.25, 0.3) is 0 Å². The maximum Gasteiger partial charge on any atom is 0.0762 e. The van der Waals surface area contributed by atoms with E-state index in [0.29, 0.717) is 12.1 Å². The summed E-state index contributed by atoms with van der Waals surface area (Å²) >= 11 is 0. The van der Waals surface area contributed by atoms with Crippen molar-refractivity contribution in [3.8, 4) is 0 Å². The van der Waals surface area contributed by atoms with E-state index >= 15 is 0 Å². The normalized spacial score (nSPS) is 32.9. The van der Waals surface area contributed by atoms with Crippen molar-refractivity contribution in [2.24, 2.45) is 5.41 Å². The van der Waals surface area contributed by atoms with Crippen LogP contribution in [0.4, 0.5) is 0 Å². The molecule has 5 heteroatoms. The van der Waals surface area contributed by atoms with Gasteiger partial charge in [-0.1, -0.05) is 67.9 Å². The number of rotatable bonds is 6. The average Bonchev–Trinajstić information content (AvgIpc) is 3.05. The van der Waals surface area contributed by atoms with Gasteiger partial charge in [0.15, 0.2) is 0 Å². The molecule has 0 amide bonds. The van der Waals surface area contributed by atoms with Gasteiger partial charge in [-0.25, -0.2) is 0 Å². The molecule has 3 fully saturated rings. The molecule has 5 atom stereocenters. The number of nitrogens with zero attached hydrogens (tertiary/aromatic N) is 2. The Morgan fingerprint density at radius 1 is 1.03 bits per heavy atom. The highest BCUT2D eigenvalue weighted by Gasteiger charge is 2.54. The van der Waals surface area contributed by atoms with E-state index in [1.807, 2.05) is 0 Å². The van der Waals surface area contributed by atoms with Crippen molar-refractivity contribution >= 4 is 0 Å². The first-order valence-electron chi connectivity index (χ1n) is 13.1. The Hall–Kier alpha value is -1.76. The SMILES string of the molecule is CN1[C@@H](c2ccccc2)C[C@@]2(C)[C@@H](O)[C@H](NCc3cccc(CN4CCOCC4)c3)CCC[C@@H]12. The van der Waals surface area contributed by atoms with Crippen molar-refractivity contribution in [3.63, 3.8) is 0 Å². The Morgan fingerprint density at radius 3 is 2.59 bits per heavy atom. The number of benzene rings is 2. The predicted octanol–water partition coefficient (Wildman–Crippen LogP) is 3.97. The third kappa shape index (κ3) is 4.95. The monoisotopic (exact) mass is 463 g/mol. The van der Waals surface area contributed by atoms with Gasteiger partial charge in [0.1, 0.15) is 0 Å². The molecule has 3 aliphatic rings. The Morgan fingerprint density at radius 2 is 1.79 bits per heavy atom. The highest BCUT2D eigenvalue weighted by Crippen LogP contribution is 2.52. The topological polar surface area (TPSA) is 48.0 Å². The molecule has 2 aliphatic heterocycles. The number of ether oxygens (including phenoxy) is 1. The molecule has 2 N–H and O–H groups in total.